The van der Waals surface area contributed by atoms with Crippen molar-refractivity contribution in [3.05, 3.63) is 83.7 Å². The van der Waals surface area contributed by atoms with Crippen LogP contribution in [-0.2, 0) is 6.54 Å². The van der Waals surface area contributed by atoms with E-state index in [9.17, 15) is 5.11 Å². The van der Waals surface area contributed by atoms with Crippen molar-refractivity contribution in [2.24, 2.45) is 5.92 Å². The van der Waals surface area contributed by atoms with Crippen molar-refractivity contribution >= 4 is 5.69 Å². The summed E-state index contributed by atoms with van der Waals surface area (Å²) in [6, 6.07) is 20.1. The number of rotatable bonds is 4. The normalized spacial score (nSPS) is 23.3. The van der Waals surface area contributed by atoms with Gasteiger partial charge < -0.3 is 10.4 Å². The minimum absolute atomic E-state index is 0.111. The van der Waals surface area contributed by atoms with Gasteiger partial charge >= 0.3 is 0 Å². The highest BCUT2D eigenvalue weighted by Gasteiger charge is 2.43. The molecule has 3 atom stereocenters. The van der Waals surface area contributed by atoms with E-state index in [-0.39, 0.29) is 12.6 Å². The van der Waals surface area contributed by atoms with E-state index < -0.39 is 0 Å². The van der Waals surface area contributed by atoms with Crippen LogP contribution in [0, 0.1) is 12.8 Å². The Kier molecular flexibility index (Phi) is 4.82. The molecule has 2 aromatic carbocycles. The molecule has 2 aliphatic rings. The SMILES string of the molecule is Cc1cccc(-c2ccc3c(c2)[C@H]2[C@H](CCN2Cc2ccncc2)[C@@H](CO)N3)c1. The number of likely N-dealkylation sites (tertiary alicyclic amines) is 1. The van der Waals surface area contributed by atoms with Crippen molar-refractivity contribution in [1.29, 1.82) is 0 Å². The Morgan fingerprint density at radius 3 is 2.69 bits per heavy atom. The Bertz CT molecular complexity index is 1000. The molecular formula is C25H27N3O. The quantitative estimate of drug-likeness (QED) is 0.699. The van der Waals surface area contributed by atoms with Gasteiger partial charge in [0, 0.05) is 36.6 Å². The largest absolute Gasteiger partial charge is 0.394 e. The molecule has 0 radical (unpaired) electrons. The number of benzene rings is 2. The lowest BCUT2D eigenvalue weighted by atomic mass is 9.82. The van der Waals surface area contributed by atoms with Gasteiger partial charge in [0.05, 0.1) is 12.6 Å². The molecule has 0 aliphatic carbocycles. The number of aromatic nitrogens is 1. The maximum Gasteiger partial charge on any atom is 0.0636 e. The molecule has 2 N–H and O–H groups in total. The molecule has 3 heterocycles. The van der Waals surface area contributed by atoms with Crippen molar-refractivity contribution in [3.8, 4) is 11.1 Å². The van der Waals surface area contributed by atoms with Crippen LogP contribution in [-0.4, -0.2) is 34.2 Å². The van der Waals surface area contributed by atoms with Gasteiger partial charge in [-0.3, -0.25) is 9.88 Å². The molecule has 1 aromatic heterocycles. The van der Waals surface area contributed by atoms with Gasteiger partial charge in [-0.1, -0.05) is 35.9 Å². The van der Waals surface area contributed by atoms with Crippen molar-refractivity contribution < 1.29 is 5.11 Å². The predicted octanol–water partition coefficient (Wildman–Crippen LogP) is 4.41. The standard InChI is InChI=1S/C25H27N3O/c1-17-3-2-4-19(13-17)20-5-6-23-22(14-20)25-21(24(16-29)27-23)9-12-28(25)15-18-7-10-26-11-8-18/h2-8,10-11,13-14,21,24-25,27,29H,9,12,15-16H2,1H3/t21-,24-,25-/m1/s1. The Labute approximate surface area is 172 Å². The Morgan fingerprint density at radius 1 is 1.07 bits per heavy atom. The lowest BCUT2D eigenvalue weighted by Gasteiger charge is -2.39. The summed E-state index contributed by atoms with van der Waals surface area (Å²) >= 11 is 0. The van der Waals surface area contributed by atoms with Crippen molar-refractivity contribution in [2.45, 2.75) is 32.0 Å². The van der Waals surface area contributed by atoms with E-state index in [1.54, 1.807) is 0 Å². The molecule has 4 nitrogen and oxygen atoms in total. The second-order valence-corrected chi connectivity index (χ2v) is 8.33. The Morgan fingerprint density at radius 2 is 1.90 bits per heavy atom. The summed E-state index contributed by atoms with van der Waals surface area (Å²) in [5, 5.41) is 13.6. The number of aryl methyl sites for hydroxylation is 1. The predicted molar refractivity (Wildman–Crippen MR) is 117 cm³/mol. The number of nitrogens with zero attached hydrogens (tertiary/aromatic N) is 2. The number of aliphatic hydroxyl groups is 1. The van der Waals surface area contributed by atoms with Crippen LogP contribution in [0.5, 0.6) is 0 Å². The van der Waals surface area contributed by atoms with Crippen LogP contribution in [0.25, 0.3) is 11.1 Å². The first-order chi connectivity index (χ1) is 14.2. The highest BCUT2D eigenvalue weighted by atomic mass is 16.3. The molecule has 29 heavy (non-hydrogen) atoms. The zero-order chi connectivity index (χ0) is 19.8. The maximum absolute atomic E-state index is 10.0. The summed E-state index contributed by atoms with van der Waals surface area (Å²) in [4.78, 5) is 6.73. The molecule has 5 rings (SSSR count). The van der Waals surface area contributed by atoms with E-state index in [4.69, 9.17) is 0 Å². The van der Waals surface area contributed by atoms with E-state index in [0.717, 1.165) is 25.2 Å². The number of pyridine rings is 1. The molecule has 1 saturated heterocycles. The molecule has 0 amide bonds. The minimum atomic E-state index is 0.111. The number of nitrogens with one attached hydrogen (secondary N) is 1. The summed E-state index contributed by atoms with van der Waals surface area (Å²) in [6.07, 6.45) is 4.83. The number of aliphatic hydroxyl groups excluding tert-OH is 1. The first-order valence-corrected chi connectivity index (χ1v) is 10.4. The summed E-state index contributed by atoms with van der Waals surface area (Å²) in [7, 11) is 0. The van der Waals surface area contributed by atoms with Crippen LogP contribution < -0.4 is 5.32 Å². The summed E-state index contributed by atoms with van der Waals surface area (Å²) < 4.78 is 0. The molecule has 0 unspecified atom stereocenters. The maximum atomic E-state index is 10.0. The van der Waals surface area contributed by atoms with Crippen LogP contribution >= 0.6 is 0 Å². The first-order valence-electron chi connectivity index (χ1n) is 10.4. The van der Waals surface area contributed by atoms with Gasteiger partial charge in [-0.05, 0) is 66.4 Å². The second kappa shape index (κ2) is 7.62. The average molecular weight is 386 g/mol. The zero-order valence-corrected chi connectivity index (χ0v) is 16.8. The molecule has 148 valence electrons. The number of fused-ring (bicyclic) bond motifs is 3. The number of hydrogen-bond acceptors (Lipinski definition) is 4. The van der Waals surface area contributed by atoms with E-state index in [0.29, 0.717) is 12.0 Å². The highest BCUT2D eigenvalue weighted by molar-refractivity contribution is 5.70. The summed E-state index contributed by atoms with van der Waals surface area (Å²) in [6.45, 7) is 4.27. The number of anilines is 1. The third kappa shape index (κ3) is 3.43. The monoisotopic (exact) mass is 385 g/mol. The fourth-order valence-electron chi connectivity index (χ4n) is 5.06. The lowest BCUT2D eigenvalue weighted by Crippen LogP contribution is -2.41. The van der Waals surface area contributed by atoms with E-state index >= 15 is 0 Å². The summed E-state index contributed by atoms with van der Waals surface area (Å²) in [5.41, 5.74) is 7.58. The van der Waals surface area contributed by atoms with E-state index in [1.165, 1.54) is 27.8 Å². The highest BCUT2D eigenvalue weighted by Crippen LogP contribution is 2.47. The Balaban J connectivity index is 1.54. The minimum Gasteiger partial charge on any atom is -0.394 e. The van der Waals surface area contributed by atoms with Crippen LogP contribution in [0.15, 0.2) is 67.0 Å². The van der Waals surface area contributed by atoms with Crippen molar-refractivity contribution in [3.63, 3.8) is 0 Å². The lowest BCUT2D eigenvalue weighted by molar-refractivity contribution is 0.172. The van der Waals surface area contributed by atoms with Gasteiger partial charge in [0.1, 0.15) is 0 Å². The van der Waals surface area contributed by atoms with Gasteiger partial charge in [0.15, 0.2) is 0 Å². The Hall–Kier alpha value is -2.69. The second-order valence-electron chi connectivity index (χ2n) is 8.33. The van der Waals surface area contributed by atoms with Crippen molar-refractivity contribution in [2.75, 3.05) is 18.5 Å². The zero-order valence-electron chi connectivity index (χ0n) is 16.8. The fourth-order valence-corrected chi connectivity index (χ4v) is 5.06. The molecule has 0 spiro atoms. The molecule has 1 fully saturated rings. The molecule has 0 saturated carbocycles. The van der Waals surface area contributed by atoms with Gasteiger partial charge in [0.25, 0.3) is 0 Å². The molecule has 0 bridgehead atoms. The topological polar surface area (TPSA) is 48.4 Å². The molecule has 2 aliphatic heterocycles. The summed E-state index contributed by atoms with van der Waals surface area (Å²) in [5.74, 6) is 0.419. The van der Waals surface area contributed by atoms with E-state index in [2.05, 4.69) is 76.7 Å². The van der Waals surface area contributed by atoms with Crippen LogP contribution in [0.1, 0.15) is 29.2 Å². The van der Waals surface area contributed by atoms with Crippen LogP contribution in [0.3, 0.4) is 0 Å². The smallest absolute Gasteiger partial charge is 0.0636 e. The third-order valence-corrected chi connectivity index (χ3v) is 6.46. The number of hydrogen-bond donors (Lipinski definition) is 2. The van der Waals surface area contributed by atoms with Crippen molar-refractivity contribution in [1.82, 2.24) is 9.88 Å². The third-order valence-electron chi connectivity index (χ3n) is 6.46. The van der Waals surface area contributed by atoms with Gasteiger partial charge in [-0.2, -0.15) is 0 Å². The fraction of sp³-hybridized carbons (Fsp3) is 0.320. The van der Waals surface area contributed by atoms with E-state index in [1.807, 2.05) is 12.4 Å². The average Bonchev–Trinajstić information content (AvgIpc) is 3.17. The molecule has 4 heteroatoms. The van der Waals surface area contributed by atoms with Crippen LogP contribution in [0.4, 0.5) is 5.69 Å². The van der Waals surface area contributed by atoms with Gasteiger partial charge in [0.2, 0.25) is 0 Å². The van der Waals surface area contributed by atoms with Gasteiger partial charge in [-0.25, -0.2) is 0 Å². The molecular weight excluding hydrogens is 358 g/mol. The first kappa shape index (κ1) is 18.3. The van der Waals surface area contributed by atoms with Crippen LogP contribution in [0.2, 0.25) is 0 Å². The molecule has 3 aromatic rings. The van der Waals surface area contributed by atoms with Gasteiger partial charge in [-0.15, -0.1) is 0 Å².